The molecule has 0 saturated carbocycles. The molecule has 0 saturated heterocycles. The highest BCUT2D eigenvalue weighted by molar-refractivity contribution is 8.03. The molecule has 1 amide bonds. The molecule has 0 radical (unpaired) electrons. The van der Waals surface area contributed by atoms with E-state index in [1.54, 1.807) is 25.1 Å². The van der Waals surface area contributed by atoms with Crippen LogP contribution in [-0.2, 0) is 10.5 Å². The van der Waals surface area contributed by atoms with Crippen molar-refractivity contribution in [1.29, 1.82) is 0 Å². The third-order valence-electron chi connectivity index (χ3n) is 3.42. The van der Waals surface area contributed by atoms with Crippen LogP contribution in [0.2, 0.25) is 0 Å². The fourth-order valence-electron chi connectivity index (χ4n) is 2.09. The minimum absolute atomic E-state index is 0.196. The summed E-state index contributed by atoms with van der Waals surface area (Å²) >= 11 is 4.48. The van der Waals surface area contributed by atoms with Crippen molar-refractivity contribution in [2.75, 3.05) is 12.9 Å². The molecular formula is C19H18N4O2S3. The molecule has 0 atom stereocenters. The van der Waals surface area contributed by atoms with E-state index in [0.717, 1.165) is 25.7 Å². The Morgan fingerprint density at radius 2 is 1.93 bits per heavy atom. The van der Waals surface area contributed by atoms with E-state index in [2.05, 4.69) is 32.9 Å². The Hall–Kier alpha value is -2.36. The minimum Gasteiger partial charge on any atom is -0.497 e. The van der Waals surface area contributed by atoms with Crippen LogP contribution in [-0.4, -0.2) is 35.2 Å². The number of carbonyl (C=O) groups excluding carboxylic acids is 1. The van der Waals surface area contributed by atoms with E-state index in [0.29, 0.717) is 0 Å². The molecule has 3 rings (SSSR count). The molecule has 1 aromatic heterocycles. The van der Waals surface area contributed by atoms with E-state index < -0.39 is 0 Å². The number of benzene rings is 2. The Bertz CT molecular complexity index is 932. The number of amides is 1. The highest BCUT2D eigenvalue weighted by atomic mass is 32.2. The number of ether oxygens (including phenoxy) is 1. The van der Waals surface area contributed by atoms with E-state index in [4.69, 9.17) is 4.74 Å². The first-order valence-corrected chi connectivity index (χ1v) is 11.1. The molecule has 0 aliphatic carbocycles. The molecule has 1 N–H and O–H groups in total. The van der Waals surface area contributed by atoms with Crippen LogP contribution in [0.5, 0.6) is 5.75 Å². The summed E-state index contributed by atoms with van der Waals surface area (Å²) in [5, 5.41) is 12.3. The lowest BCUT2D eigenvalue weighted by molar-refractivity contribution is -0.118. The zero-order valence-electron chi connectivity index (χ0n) is 15.1. The van der Waals surface area contributed by atoms with Crippen molar-refractivity contribution < 1.29 is 9.53 Å². The third kappa shape index (κ3) is 6.66. The molecule has 0 aliphatic rings. The molecule has 0 spiro atoms. The summed E-state index contributed by atoms with van der Waals surface area (Å²) in [6.45, 7) is 0. The van der Waals surface area contributed by atoms with Gasteiger partial charge in [0.05, 0.1) is 19.1 Å². The van der Waals surface area contributed by atoms with Crippen LogP contribution in [0.1, 0.15) is 11.1 Å². The van der Waals surface area contributed by atoms with Gasteiger partial charge in [-0.05, 0) is 23.3 Å². The first kappa shape index (κ1) is 20.4. The van der Waals surface area contributed by atoms with Crippen LogP contribution >= 0.6 is 34.9 Å². The van der Waals surface area contributed by atoms with E-state index in [9.17, 15) is 4.79 Å². The second kappa shape index (κ2) is 10.8. The Morgan fingerprint density at radius 3 is 2.71 bits per heavy atom. The summed E-state index contributed by atoms with van der Waals surface area (Å²) in [6.07, 6.45) is 1.58. The van der Waals surface area contributed by atoms with Gasteiger partial charge in [0.2, 0.25) is 0 Å². The number of carbonyl (C=O) groups is 1. The Balaban J connectivity index is 1.41. The maximum absolute atomic E-state index is 11.9. The van der Waals surface area contributed by atoms with Crippen LogP contribution in [0.3, 0.4) is 0 Å². The number of thioether (sulfide) groups is 2. The monoisotopic (exact) mass is 430 g/mol. The number of nitrogens with one attached hydrogen (secondary N) is 1. The number of hydrogen-bond donors (Lipinski definition) is 1. The van der Waals surface area contributed by atoms with E-state index in [-0.39, 0.29) is 11.7 Å². The van der Waals surface area contributed by atoms with Gasteiger partial charge in [0, 0.05) is 5.75 Å². The second-order valence-electron chi connectivity index (χ2n) is 5.47. The molecule has 3 aromatic rings. The molecule has 0 bridgehead atoms. The number of hydrogen-bond acceptors (Lipinski definition) is 8. The average Bonchev–Trinajstić information content (AvgIpc) is 3.20. The third-order valence-corrected chi connectivity index (χ3v) is 6.68. The number of nitrogens with zero attached hydrogens (tertiary/aromatic N) is 3. The van der Waals surface area contributed by atoms with Gasteiger partial charge in [-0.1, -0.05) is 77.3 Å². The topological polar surface area (TPSA) is 76.5 Å². The fraction of sp³-hybridized carbons (Fsp3) is 0.158. The molecule has 0 aliphatic heterocycles. The number of rotatable bonds is 9. The van der Waals surface area contributed by atoms with Crippen LogP contribution in [0.4, 0.5) is 0 Å². The number of aromatic nitrogens is 2. The summed E-state index contributed by atoms with van der Waals surface area (Å²) in [6, 6.07) is 17.6. The Kier molecular flexibility index (Phi) is 7.89. The normalized spacial score (nSPS) is 10.9. The van der Waals surface area contributed by atoms with Gasteiger partial charge >= 0.3 is 0 Å². The molecule has 9 heteroatoms. The standard InChI is InChI=1S/C19H18N4O2S3/c1-25-16-9-5-8-15(10-16)11-20-21-17(24)13-27-19-23-22-18(28-19)26-12-14-6-3-2-4-7-14/h2-11H,12-13H2,1H3,(H,21,24)/b20-11-. The maximum Gasteiger partial charge on any atom is 0.250 e. The van der Waals surface area contributed by atoms with E-state index in [1.807, 2.05) is 42.5 Å². The smallest absolute Gasteiger partial charge is 0.250 e. The zero-order chi connectivity index (χ0) is 19.6. The minimum atomic E-state index is -0.196. The molecule has 0 fully saturated rings. The van der Waals surface area contributed by atoms with Crippen molar-refractivity contribution in [3.05, 3.63) is 65.7 Å². The lowest BCUT2D eigenvalue weighted by Crippen LogP contribution is -2.19. The van der Waals surface area contributed by atoms with Gasteiger partial charge < -0.3 is 4.74 Å². The molecule has 0 unspecified atom stereocenters. The summed E-state index contributed by atoms with van der Waals surface area (Å²) < 4.78 is 6.81. The highest BCUT2D eigenvalue weighted by Gasteiger charge is 2.08. The SMILES string of the molecule is COc1cccc(/C=N\NC(=O)CSc2nnc(SCc3ccccc3)s2)c1. The molecule has 2 aromatic carbocycles. The largest absolute Gasteiger partial charge is 0.497 e. The van der Waals surface area contributed by atoms with Gasteiger partial charge in [-0.3, -0.25) is 4.79 Å². The van der Waals surface area contributed by atoms with Gasteiger partial charge in [-0.2, -0.15) is 5.10 Å². The van der Waals surface area contributed by atoms with Crippen molar-refractivity contribution in [3.8, 4) is 5.75 Å². The molecule has 1 heterocycles. The van der Waals surface area contributed by atoms with Crippen LogP contribution in [0.25, 0.3) is 0 Å². The zero-order valence-corrected chi connectivity index (χ0v) is 17.5. The number of hydrazone groups is 1. The summed E-state index contributed by atoms with van der Waals surface area (Å²) in [7, 11) is 1.61. The van der Waals surface area contributed by atoms with Gasteiger partial charge in [0.25, 0.3) is 5.91 Å². The summed E-state index contributed by atoms with van der Waals surface area (Å²) in [5.41, 5.74) is 4.60. The molecule has 144 valence electrons. The Morgan fingerprint density at radius 1 is 1.14 bits per heavy atom. The van der Waals surface area contributed by atoms with Crippen molar-refractivity contribution in [3.63, 3.8) is 0 Å². The summed E-state index contributed by atoms with van der Waals surface area (Å²) in [5.74, 6) is 1.62. The van der Waals surface area contributed by atoms with Crippen molar-refractivity contribution >= 4 is 47.0 Å². The molecule has 6 nitrogen and oxygen atoms in total. The molecule has 28 heavy (non-hydrogen) atoms. The number of methoxy groups -OCH3 is 1. The first-order valence-electron chi connectivity index (χ1n) is 8.32. The van der Waals surface area contributed by atoms with Crippen molar-refractivity contribution in [2.24, 2.45) is 5.10 Å². The van der Waals surface area contributed by atoms with Crippen molar-refractivity contribution in [1.82, 2.24) is 15.6 Å². The first-order chi connectivity index (χ1) is 13.7. The predicted octanol–water partition coefficient (Wildman–Crippen LogP) is 4.08. The van der Waals surface area contributed by atoms with Gasteiger partial charge in [-0.15, -0.1) is 10.2 Å². The lowest BCUT2D eigenvalue weighted by Gasteiger charge is -2.00. The van der Waals surface area contributed by atoms with Crippen molar-refractivity contribution in [2.45, 2.75) is 14.4 Å². The fourth-order valence-corrected chi connectivity index (χ4v) is 4.86. The van der Waals surface area contributed by atoms with Gasteiger partial charge in [-0.25, -0.2) is 5.43 Å². The van der Waals surface area contributed by atoms with E-state index in [1.165, 1.54) is 28.7 Å². The van der Waals surface area contributed by atoms with Gasteiger partial charge in [0.1, 0.15) is 5.75 Å². The maximum atomic E-state index is 11.9. The summed E-state index contributed by atoms with van der Waals surface area (Å²) in [4.78, 5) is 11.9. The molecular weight excluding hydrogens is 412 g/mol. The van der Waals surface area contributed by atoms with Crippen LogP contribution in [0.15, 0.2) is 68.4 Å². The highest BCUT2D eigenvalue weighted by Crippen LogP contribution is 2.30. The lowest BCUT2D eigenvalue weighted by atomic mass is 10.2. The van der Waals surface area contributed by atoms with Gasteiger partial charge in [0.15, 0.2) is 8.68 Å². The predicted molar refractivity (Wildman–Crippen MR) is 115 cm³/mol. The van der Waals surface area contributed by atoms with E-state index >= 15 is 0 Å². The average molecular weight is 431 g/mol. The Labute approximate surface area is 175 Å². The quantitative estimate of drug-likeness (QED) is 0.313. The van der Waals surface area contributed by atoms with Crippen LogP contribution < -0.4 is 10.2 Å². The van der Waals surface area contributed by atoms with Crippen LogP contribution in [0, 0.1) is 0 Å². The second-order valence-corrected chi connectivity index (χ2v) is 8.89.